The number of sulfonamides is 1. The number of hydrogen-bond acceptors (Lipinski definition) is 4. The number of fused-ring (bicyclic) bond motifs is 1. The van der Waals surface area contributed by atoms with Crippen LogP contribution in [-0.4, -0.2) is 40.0 Å². The predicted molar refractivity (Wildman–Crippen MR) is 77.6 cm³/mol. The molecule has 3 rings (SSSR count). The third-order valence-electron chi connectivity index (χ3n) is 3.55. The van der Waals surface area contributed by atoms with Crippen molar-refractivity contribution in [1.29, 1.82) is 0 Å². The Labute approximate surface area is 122 Å². The van der Waals surface area contributed by atoms with Crippen molar-refractivity contribution in [3.05, 3.63) is 41.5 Å². The van der Waals surface area contributed by atoms with Crippen molar-refractivity contribution in [1.82, 2.24) is 18.5 Å². The minimum absolute atomic E-state index is 0.122. The number of rotatable bonds is 4. The fourth-order valence-electron chi connectivity index (χ4n) is 2.47. The Morgan fingerprint density at radius 1 is 1.29 bits per heavy atom. The van der Waals surface area contributed by atoms with Crippen LogP contribution in [0.3, 0.4) is 0 Å². The average Bonchev–Trinajstić information content (AvgIpc) is 3.09. The molecule has 0 unspecified atom stereocenters. The first-order valence-corrected chi connectivity index (χ1v) is 8.18. The first-order chi connectivity index (χ1) is 10.0. The van der Waals surface area contributed by atoms with Gasteiger partial charge in [-0.3, -0.25) is 0 Å². The lowest BCUT2D eigenvalue weighted by Crippen LogP contribution is -2.28. The Morgan fingerprint density at radius 3 is 2.67 bits per heavy atom. The van der Waals surface area contributed by atoms with E-state index in [-0.39, 0.29) is 17.1 Å². The topological polar surface area (TPSA) is 76.7 Å². The zero-order valence-electron chi connectivity index (χ0n) is 11.5. The molecule has 0 spiro atoms. The van der Waals surface area contributed by atoms with Crippen LogP contribution in [0.4, 0.5) is 0 Å². The Balaban J connectivity index is 2.10. The summed E-state index contributed by atoms with van der Waals surface area (Å²) in [6.07, 6.45) is 4.66. The van der Waals surface area contributed by atoms with Crippen LogP contribution in [0.15, 0.2) is 40.7 Å². The van der Waals surface area contributed by atoms with Crippen molar-refractivity contribution in [3.63, 3.8) is 0 Å². The molecule has 0 aliphatic carbocycles. The van der Waals surface area contributed by atoms with E-state index in [1.54, 1.807) is 12.1 Å². The lowest BCUT2D eigenvalue weighted by Gasteiger charge is -2.15. The van der Waals surface area contributed by atoms with Crippen LogP contribution in [0, 0.1) is 0 Å². The van der Waals surface area contributed by atoms with Crippen molar-refractivity contribution in [3.8, 4) is 0 Å². The van der Waals surface area contributed by atoms with E-state index < -0.39 is 10.0 Å². The summed E-state index contributed by atoms with van der Waals surface area (Å²) >= 11 is 0. The van der Waals surface area contributed by atoms with Crippen LogP contribution in [0.2, 0.25) is 0 Å². The molecule has 0 amide bonds. The molecule has 0 radical (unpaired) electrons. The highest BCUT2D eigenvalue weighted by Gasteiger charge is 2.27. The third kappa shape index (κ3) is 2.30. The molecule has 1 aliphatic heterocycles. The summed E-state index contributed by atoms with van der Waals surface area (Å²) in [5.41, 5.74) is 0.0468. The van der Waals surface area contributed by atoms with Gasteiger partial charge in [-0.2, -0.15) is 4.31 Å². The van der Waals surface area contributed by atoms with E-state index in [4.69, 9.17) is 0 Å². The third-order valence-corrected chi connectivity index (χ3v) is 5.44. The van der Waals surface area contributed by atoms with Gasteiger partial charge in [0.05, 0.1) is 11.4 Å². The molecule has 0 aromatic carbocycles. The molecule has 7 nitrogen and oxygen atoms in total. The van der Waals surface area contributed by atoms with Gasteiger partial charge in [0.1, 0.15) is 0 Å². The highest BCUT2D eigenvalue weighted by atomic mass is 32.2. The van der Waals surface area contributed by atoms with Crippen molar-refractivity contribution >= 4 is 15.7 Å². The molecule has 0 bridgehead atoms. The summed E-state index contributed by atoms with van der Waals surface area (Å²) < 4.78 is 28.9. The summed E-state index contributed by atoms with van der Waals surface area (Å²) in [6, 6.07) is 3.04. The maximum Gasteiger partial charge on any atom is 0.350 e. The lowest BCUT2D eigenvalue weighted by molar-refractivity contribution is 0.477. The number of allylic oxidation sites excluding steroid dienone is 1. The maximum atomic E-state index is 12.5. The van der Waals surface area contributed by atoms with E-state index in [0.717, 1.165) is 12.8 Å². The summed E-state index contributed by atoms with van der Waals surface area (Å²) in [7, 11) is -3.53. The van der Waals surface area contributed by atoms with Crippen molar-refractivity contribution in [2.45, 2.75) is 24.3 Å². The monoisotopic (exact) mass is 308 g/mol. The second kappa shape index (κ2) is 5.12. The van der Waals surface area contributed by atoms with E-state index in [2.05, 4.69) is 11.7 Å². The highest BCUT2D eigenvalue weighted by Crippen LogP contribution is 2.20. The van der Waals surface area contributed by atoms with Gasteiger partial charge in [-0.25, -0.2) is 22.3 Å². The van der Waals surface area contributed by atoms with Crippen LogP contribution in [0.1, 0.15) is 12.8 Å². The van der Waals surface area contributed by atoms with Crippen molar-refractivity contribution in [2.75, 3.05) is 13.1 Å². The van der Waals surface area contributed by atoms with Crippen molar-refractivity contribution < 1.29 is 8.42 Å². The lowest BCUT2D eigenvalue weighted by atomic mass is 10.4. The van der Waals surface area contributed by atoms with Crippen molar-refractivity contribution in [2.24, 2.45) is 0 Å². The molecule has 0 N–H and O–H groups in total. The quantitative estimate of drug-likeness (QED) is 0.769. The summed E-state index contributed by atoms with van der Waals surface area (Å²) in [5.74, 6) is 0. The minimum Gasteiger partial charge on any atom is -0.249 e. The summed E-state index contributed by atoms with van der Waals surface area (Å²) in [6.45, 7) is 4.92. The first-order valence-electron chi connectivity index (χ1n) is 6.74. The molecular formula is C13H16N4O3S. The van der Waals surface area contributed by atoms with E-state index in [1.807, 2.05) is 0 Å². The second-order valence-electron chi connectivity index (χ2n) is 4.96. The smallest absolute Gasteiger partial charge is 0.249 e. The van der Waals surface area contributed by atoms with E-state index >= 15 is 0 Å². The van der Waals surface area contributed by atoms with Gasteiger partial charge in [-0.05, 0) is 25.0 Å². The SMILES string of the molecule is C=CCn1nc2ccc(S(=O)(=O)N3CCCC3)cn2c1=O. The fraction of sp³-hybridized carbons (Fsp3) is 0.385. The van der Waals surface area contributed by atoms with Crippen LogP contribution in [0.25, 0.3) is 5.65 Å². The number of hydrogen-bond donors (Lipinski definition) is 0. The standard InChI is InChI=1S/C13H16N4O3S/c1-2-7-17-13(18)16-10-11(5-6-12(16)14-17)21(19,20)15-8-3-4-9-15/h2,5-6,10H,1,3-4,7-9H2. The molecule has 2 aromatic heterocycles. The van der Waals surface area contributed by atoms with Gasteiger partial charge >= 0.3 is 5.69 Å². The molecule has 112 valence electrons. The van der Waals surface area contributed by atoms with Gasteiger partial charge in [-0.15, -0.1) is 11.7 Å². The second-order valence-corrected chi connectivity index (χ2v) is 6.90. The van der Waals surface area contributed by atoms with Gasteiger partial charge in [0.15, 0.2) is 5.65 Å². The van der Waals surface area contributed by atoms with Gasteiger partial charge in [0.2, 0.25) is 10.0 Å². The normalized spacial score (nSPS) is 16.6. The molecule has 8 heteroatoms. The minimum atomic E-state index is -3.53. The van der Waals surface area contributed by atoms with Crippen LogP contribution < -0.4 is 5.69 Å². The van der Waals surface area contributed by atoms with Gasteiger partial charge < -0.3 is 0 Å². The van der Waals surface area contributed by atoms with Crippen LogP contribution >= 0.6 is 0 Å². The van der Waals surface area contributed by atoms with Gasteiger partial charge in [0, 0.05) is 19.3 Å². The summed E-state index contributed by atoms with van der Waals surface area (Å²) in [5, 5.41) is 4.11. The molecular weight excluding hydrogens is 292 g/mol. The van der Waals surface area contributed by atoms with Crippen LogP contribution in [-0.2, 0) is 16.6 Å². The number of pyridine rings is 1. The molecule has 21 heavy (non-hydrogen) atoms. The zero-order chi connectivity index (χ0) is 15.0. The summed E-state index contributed by atoms with van der Waals surface area (Å²) in [4.78, 5) is 12.2. The highest BCUT2D eigenvalue weighted by molar-refractivity contribution is 7.89. The Kier molecular flexibility index (Phi) is 3.42. The maximum absolute atomic E-state index is 12.5. The molecule has 1 aliphatic rings. The fourth-order valence-corrected chi connectivity index (χ4v) is 3.99. The number of nitrogens with zero attached hydrogens (tertiary/aromatic N) is 4. The van der Waals surface area contributed by atoms with E-state index in [9.17, 15) is 13.2 Å². The Hall–Kier alpha value is -1.93. The van der Waals surface area contributed by atoms with Gasteiger partial charge in [-0.1, -0.05) is 6.08 Å². The largest absolute Gasteiger partial charge is 0.350 e. The molecule has 3 heterocycles. The first kappa shape index (κ1) is 14.0. The van der Waals surface area contributed by atoms with E-state index in [0.29, 0.717) is 18.7 Å². The number of aromatic nitrogens is 3. The zero-order valence-corrected chi connectivity index (χ0v) is 12.3. The molecule has 1 saturated heterocycles. The van der Waals surface area contributed by atoms with Gasteiger partial charge in [0.25, 0.3) is 0 Å². The Bertz CT molecular complexity index is 844. The van der Waals surface area contributed by atoms with E-state index in [1.165, 1.54) is 25.7 Å². The Morgan fingerprint density at radius 2 is 2.00 bits per heavy atom. The average molecular weight is 308 g/mol. The molecule has 0 saturated carbocycles. The predicted octanol–water partition coefficient (Wildman–Crippen LogP) is 0.467. The molecule has 0 atom stereocenters. The van der Waals surface area contributed by atoms with Crippen LogP contribution in [0.5, 0.6) is 0 Å². The molecule has 2 aromatic rings. The molecule has 1 fully saturated rings.